The SMILES string of the molecule is CC(C)n1cc(C(=O)NC[C@H]2[C@H]3CN(c4ncccn4)C[C@]34CC[C@H]2O4)cn1. The number of ether oxygens (including phenoxy) is 1. The van der Waals surface area contributed by atoms with E-state index in [1.165, 1.54) is 0 Å². The summed E-state index contributed by atoms with van der Waals surface area (Å²) in [6.45, 7) is 6.44. The van der Waals surface area contributed by atoms with Crippen molar-refractivity contribution in [1.29, 1.82) is 0 Å². The predicted octanol–water partition coefficient (Wildman–Crippen LogP) is 1.67. The van der Waals surface area contributed by atoms with Gasteiger partial charge in [-0.2, -0.15) is 5.10 Å². The van der Waals surface area contributed by atoms with Gasteiger partial charge in [0.25, 0.3) is 5.91 Å². The fraction of sp³-hybridized carbons (Fsp3) is 0.600. The van der Waals surface area contributed by atoms with E-state index in [4.69, 9.17) is 4.74 Å². The van der Waals surface area contributed by atoms with Crippen molar-refractivity contribution >= 4 is 11.9 Å². The number of nitrogens with zero attached hydrogens (tertiary/aromatic N) is 5. The minimum atomic E-state index is -0.109. The molecule has 0 aliphatic carbocycles. The van der Waals surface area contributed by atoms with E-state index in [1.54, 1.807) is 23.3 Å². The van der Waals surface area contributed by atoms with E-state index in [0.29, 0.717) is 23.9 Å². The smallest absolute Gasteiger partial charge is 0.254 e. The minimum Gasteiger partial charge on any atom is -0.369 e. The molecule has 1 amide bonds. The third-order valence-electron chi connectivity index (χ3n) is 6.51. The minimum absolute atomic E-state index is 0.0648. The van der Waals surface area contributed by atoms with Gasteiger partial charge in [-0.15, -0.1) is 0 Å². The van der Waals surface area contributed by atoms with Gasteiger partial charge in [0.1, 0.15) is 0 Å². The van der Waals surface area contributed by atoms with Gasteiger partial charge in [0.15, 0.2) is 0 Å². The summed E-state index contributed by atoms with van der Waals surface area (Å²) in [5.41, 5.74) is 0.500. The van der Waals surface area contributed by atoms with Crippen LogP contribution in [0.15, 0.2) is 30.9 Å². The lowest BCUT2D eigenvalue weighted by molar-refractivity contribution is 0.0141. The maximum Gasteiger partial charge on any atom is 0.254 e. The molecule has 5 heterocycles. The van der Waals surface area contributed by atoms with E-state index in [9.17, 15) is 4.79 Å². The number of hydrogen-bond donors (Lipinski definition) is 1. The van der Waals surface area contributed by atoms with Gasteiger partial charge < -0.3 is 15.0 Å². The highest BCUT2D eigenvalue weighted by Crippen LogP contribution is 2.54. The summed E-state index contributed by atoms with van der Waals surface area (Å²) < 4.78 is 8.26. The third kappa shape index (κ3) is 2.78. The first-order chi connectivity index (χ1) is 13.6. The highest BCUT2D eigenvalue weighted by Gasteiger charge is 2.63. The molecule has 28 heavy (non-hydrogen) atoms. The zero-order valence-corrected chi connectivity index (χ0v) is 16.3. The van der Waals surface area contributed by atoms with Crippen molar-refractivity contribution < 1.29 is 9.53 Å². The summed E-state index contributed by atoms with van der Waals surface area (Å²) in [5.74, 6) is 1.42. The van der Waals surface area contributed by atoms with Crippen LogP contribution in [-0.2, 0) is 4.74 Å². The molecule has 0 radical (unpaired) electrons. The van der Waals surface area contributed by atoms with Gasteiger partial charge in [0, 0.05) is 49.6 Å². The van der Waals surface area contributed by atoms with Crippen LogP contribution < -0.4 is 10.2 Å². The molecule has 4 atom stereocenters. The lowest BCUT2D eigenvalue weighted by atomic mass is 9.73. The Morgan fingerprint density at radius 1 is 1.39 bits per heavy atom. The number of carbonyl (C=O) groups excluding carboxylic acids is 1. The Kier molecular flexibility index (Phi) is 4.12. The molecule has 1 spiro atoms. The average Bonchev–Trinajstić information content (AvgIpc) is 3.46. The summed E-state index contributed by atoms with van der Waals surface area (Å²) in [7, 11) is 0. The molecule has 0 unspecified atom stereocenters. The molecule has 0 saturated carbocycles. The first kappa shape index (κ1) is 17.6. The molecule has 2 bridgehead atoms. The summed E-state index contributed by atoms with van der Waals surface area (Å²) in [6.07, 6.45) is 9.38. The first-order valence-electron chi connectivity index (χ1n) is 10.1. The van der Waals surface area contributed by atoms with Gasteiger partial charge in [-0.1, -0.05) is 0 Å². The number of carbonyl (C=O) groups is 1. The van der Waals surface area contributed by atoms with Crippen molar-refractivity contribution in [3.8, 4) is 0 Å². The molecule has 3 fully saturated rings. The molecule has 2 aromatic rings. The van der Waals surface area contributed by atoms with Crippen molar-refractivity contribution in [1.82, 2.24) is 25.1 Å². The highest BCUT2D eigenvalue weighted by atomic mass is 16.5. The van der Waals surface area contributed by atoms with Crippen molar-refractivity contribution in [3.63, 3.8) is 0 Å². The third-order valence-corrected chi connectivity index (χ3v) is 6.51. The van der Waals surface area contributed by atoms with Gasteiger partial charge in [0.05, 0.1) is 30.0 Å². The summed E-state index contributed by atoms with van der Waals surface area (Å²) in [6, 6.07) is 2.07. The molecular formula is C20H26N6O2. The molecule has 5 rings (SSSR count). The average molecular weight is 382 g/mol. The Bertz CT molecular complexity index is 869. The van der Waals surface area contributed by atoms with E-state index in [2.05, 4.69) is 25.3 Å². The van der Waals surface area contributed by atoms with Crippen LogP contribution in [0.4, 0.5) is 5.95 Å². The Balaban J connectivity index is 1.27. The van der Waals surface area contributed by atoms with Crippen LogP contribution in [0.25, 0.3) is 0 Å². The van der Waals surface area contributed by atoms with Crippen LogP contribution in [0.5, 0.6) is 0 Å². The van der Waals surface area contributed by atoms with Crippen molar-refractivity contribution in [3.05, 3.63) is 36.4 Å². The maximum atomic E-state index is 12.6. The lowest BCUT2D eigenvalue weighted by Crippen LogP contribution is -2.41. The Morgan fingerprint density at radius 2 is 2.21 bits per heavy atom. The van der Waals surface area contributed by atoms with Crippen LogP contribution in [0.1, 0.15) is 43.1 Å². The van der Waals surface area contributed by atoms with E-state index in [1.807, 2.05) is 26.1 Å². The number of anilines is 1. The highest BCUT2D eigenvalue weighted by molar-refractivity contribution is 5.93. The Labute approximate surface area is 164 Å². The summed E-state index contributed by atoms with van der Waals surface area (Å²) in [5, 5.41) is 7.38. The number of rotatable bonds is 5. The second kappa shape index (κ2) is 6.55. The lowest BCUT2D eigenvalue weighted by Gasteiger charge is -2.29. The van der Waals surface area contributed by atoms with E-state index < -0.39 is 0 Å². The van der Waals surface area contributed by atoms with Crippen LogP contribution in [0, 0.1) is 11.8 Å². The van der Waals surface area contributed by atoms with Crippen LogP contribution in [0.2, 0.25) is 0 Å². The Hall–Kier alpha value is -2.48. The van der Waals surface area contributed by atoms with E-state index in [0.717, 1.165) is 31.9 Å². The first-order valence-corrected chi connectivity index (χ1v) is 10.1. The zero-order valence-electron chi connectivity index (χ0n) is 16.3. The van der Waals surface area contributed by atoms with Crippen molar-refractivity contribution in [2.45, 2.75) is 44.4 Å². The molecule has 148 valence electrons. The molecule has 3 aliphatic rings. The van der Waals surface area contributed by atoms with Crippen molar-refractivity contribution in [2.75, 3.05) is 24.5 Å². The van der Waals surface area contributed by atoms with E-state index in [-0.39, 0.29) is 23.7 Å². The second-order valence-electron chi connectivity index (χ2n) is 8.47. The fourth-order valence-electron chi connectivity index (χ4n) is 5.12. The number of aromatic nitrogens is 4. The Morgan fingerprint density at radius 3 is 2.96 bits per heavy atom. The normalized spacial score (nSPS) is 30.8. The predicted molar refractivity (Wildman–Crippen MR) is 103 cm³/mol. The number of nitrogens with one attached hydrogen (secondary N) is 1. The van der Waals surface area contributed by atoms with Gasteiger partial charge in [-0.25, -0.2) is 9.97 Å². The van der Waals surface area contributed by atoms with Crippen LogP contribution >= 0.6 is 0 Å². The quantitative estimate of drug-likeness (QED) is 0.847. The molecule has 8 nitrogen and oxygen atoms in total. The summed E-state index contributed by atoms with van der Waals surface area (Å²) in [4.78, 5) is 23.6. The molecule has 0 aromatic carbocycles. The topological polar surface area (TPSA) is 85.2 Å². The maximum absolute atomic E-state index is 12.6. The van der Waals surface area contributed by atoms with Crippen LogP contribution in [-0.4, -0.2) is 57.0 Å². The number of amides is 1. The summed E-state index contributed by atoms with van der Waals surface area (Å²) >= 11 is 0. The molecule has 3 aliphatic heterocycles. The van der Waals surface area contributed by atoms with Crippen molar-refractivity contribution in [2.24, 2.45) is 11.8 Å². The molecule has 1 N–H and O–H groups in total. The van der Waals surface area contributed by atoms with Gasteiger partial charge in [0.2, 0.25) is 5.95 Å². The standard InChI is InChI=1S/C20H26N6O2/c1-13(2)26-10-14(8-24-26)18(27)23-9-15-16-11-25(19-21-6-3-7-22-19)12-20(16)5-4-17(15)28-20/h3,6-8,10,13,15-17H,4-5,9,11-12H2,1-2H3,(H,23,27)/t15-,16+,17+,20+/m0/s1. The molecule has 2 aromatic heterocycles. The number of hydrogen-bond acceptors (Lipinski definition) is 6. The molecule has 8 heteroatoms. The molecule has 3 saturated heterocycles. The monoisotopic (exact) mass is 382 g/mol. The zero-order chi connectivity index (χ0) is 19.3. The number of fused-ring (bicyclic) bond motifs is 1. The second-order valence-corrected chi connectivity index (χ2v) is 8.47. The fourth-order valence-corrected chi connectivity index (χ4v) is 5.12. The largest absolute Gasteiger partial charge is 0.369 e. The van der Waals surface area contributed by atoms with Gasteiger partial charge in [-0.3, -0.25) is 9.48 Å². The van der Waals surface area contributed by atoms with Crippen LogP contribution in [0.3, 0.4) is 0 Å². The van der Waals surface area contributed by atoms with Gasteiger partial charge >= 0.3 is 0 Å². The van der Waals surface area contributed by atoms with Gasteiger partial charge in [-0.05, 0) is 32.8 Å². The van der Waals surface area contributed by atoms with E-state index >= 15 is 0 Å². The molecular weight excluding hydrogens is 356 g/mol.